The predicted molar refractivity (Wildman–Crippen MR) is 212 cm³/mol. The molecule has 0 spiro atoms. The number of rotatable bonds is 19. The summed E-state index contributed by atoms with van der Waals surface area (Å²) in [5, 5.41) is 12.7. The van der Waals surface area contributed by atoms with Crippen molar-refractivity contribution < 1.29 is 55.2 Å². The minimum absolute atomic E-state index is 0.145. The second-order valence-electron chi connectivity index (χ2n) is 12.9. The van der Waals surface area contributed by atoms with Gasteiger partial charge < -0.3 is 39.1 Å². The Morgan fingerprint density at radius 2 is 1.47 bits per heavy atom. The smallest absolute Gasteiger partial charge is 0.459 e. The van der Waals surface area contributed by atoms with Crippen molar-refractivity contribution >= 4 is 39.9 Å². The number of hydrogen-bond donors (Lipinski definition) is 3. The van der Waals surface area contributed by atoms with Crippen LogP contribution in [0.5, 0.6) is 23.1 Å². The molecule has 0 fully saturated rings. The van der Waals surface area contributed by atoms with Gasteiger partial charge in [-0.25, -0.2) is 14.5 Å². The summed E-state index contributed by atoms with van der Waals surface area (Å²) >= 11 is 0. The summed E-state index contributed by atoms with van der Waals surface area (Å²) in [5.41, 5.74) is 0.208. The second-order valence-corrected chi connectivity index (χ2v) is 12.9. The molecule has 4 aromatic carbocycles. The van der Waals surface area contributed by atoms with E-state index < -0.39 is 29.6 Å². The molecule has 0 saturated heterocycles. The Bertz CT molecular complexity index is 2380. The molecular formula is C41H40F5N7O7. The third-order valence-corrected chi connectivity index (χ3v) is 8.56. The molecule has 0 aliphatic rings. The van der Waals surface area contributed by atoms with Gasteiger partial charge in [-0.05, 0) is 31.2 Å². The Morgan fingerprint density at radius 3 is 2.18 bits per heavy atom. The maximum absolute atomic E-state index is 14.4. The Kier molecular flexibility index (Phi) is 13.9. The number of amides is 2. The van der Waals surface area contributed by atoms with Crippen molar-refractivity contribution in [3.63, 3.8) is 0 Å². The number of carbonyl (C=O) groups excluding carboxylic acids is 1. The molecule has 0 radical (unpaired) electrons. The van der Waals surface area contributed by atoms with Crippen molar-refractivity contribution in [3.8, 4) is 28.8 Å². The Labute approximate surface area is 340 Å². The molecule has 6 aromatic rings. The van der Waals surface area contributed by atoms with Crippen LogP contribution in [-0.2, 0) is 20.1 Å². The van der Waals surface area contributed by atoms with Crippen molar-refractivity contribution in [1.29, 1.82) is 0 Å². The molecule has 0 saturated carbocycles. The lowest BCUT2D eigenvalue weighted by atomic mass is 10.1. The zero-order valence-corrected chi connectivity index (χ0v) is 32.5. The maximum Gasteiger partial charge on any atom is 0.459 e. The number of nitrogens with one attached hydrogen (secondary N) is 3. The summed E-state index contributed by atoms with van der Waals surface area (Å²) < 4.78 is 103. The Hall–Kier alpha value is -6.57. The van der Waals surface area contributed by atoms with Crippen molar-refractivity contribution in [2.45, 2.75) is 19.0 Å². The lowest BCUT2D eigenvalue weighted by molar-refractivity contribution is -0.291. The van der Waals surface area contributed by atoms with Crippen molar-refractivity contribution in [3.05, 3.63) is 108 Å². The molecule has 2 heterocycles. The van der Waals surface area contributed by atoms with Crippen LogP contribution in [0, 0.1) is 6.92 Å². The number of ether oxygens (including phenoxy) is 6. The standard InChI is InChI=1S/C41H40F5N7O7/c1-26-8-10-28(11-9-26)53-36(25-35(52-53)40(42,43)41(44,45)46)50-39(54)49-33-12-13-34(32-7-5-4-6-31(32)33)60-37-14-15-47-38(51-37)48-27-22-29(56-3)24-30(23-27)59-21-20-58-19-18-57-17-16-55-2/h4-15,22-25H,16-21H2,1-3H3,(H,47,48,51)(H2,49,50,54). The van der Waals surface area contributed by atoms with Crippen LogP contribution < -0.4 is 30.2 Å². The van der Waals surface area contributed by atoms with Gasteiger partial charge in [0.2, 0.25) is 11.8 Å². The molecule has 0 bridgehead atoms. The fraction of sp³-hybridized carbons (Fsp3) is 0.268. The molecule has 0 aliphatic heterocycles. The van der Waals surface area contributed by atoms with Crippen LogP contribution in [0.25, 0.3) is 16.5 Å². The van der Waals surface area contributed by atoms with Gasteiger partial charge in [0.05, 0.1) is 51.5 Å². The van der Waals surface area contributed by atoms with E-state index in [-0.39, 0.29) is 29.8 Å². The lowest BCUT2D eigenvalue weighted by Gasteiger charge is -2.16. The molecule has 3 N–H and O–H groups in total. The first-order valence-electron chi connectivity index (χ1n) is 18.3. The lowest BCUT2D eigenvalue weighted by Crippen LogP contribution is -2.34. The van der Waals surface area contributed by atoms with Crippen molar-refractivity contribution in [2.75, 3.05) is 69.8 Å². The number of alkyl halides is 5. The van der Waals surface area contributed by atoms with Gasteiger partial charge in [0.25, 0.3) is 0 Å². The number of benzene rings is 4. The van der Waals surface area contributed by atoms with Gasteiger partial charge in [0.15, 0.2) is 0 Å². The first-order valence-corrected chi connectivity index (χ1v) is 18.3. The van der Waals surface area contributed by atoms with Crippen LogP contribution in [0.4, 0.5) is 49.9 Å². The zero-order valence-electron chi connectivity index (χ0n) is 32.5. The molecule has 14 nitrogen and oxygen atoms in total. The number of methoxy groups -OCH3 is 2. The predicted octanol–water partition coefficient (Wildman–Crippen LogP) is 9.02. The zero-order chi connectivity index (χ0) is 42.7. The highest BCUT2D eigenvalue weighted by atomic mass is 19.4. The highest BCUT2D eigenvalue weighted by Crippen LogP contribution is 2.44. The second kappa shape index (κ2) is 19.5. The first kappa shape index (κ1) is 43.0. The third-order valence-electron chi connectivity index (χ3n) is 8.56. The highest BCUT2D eigenvalue weighted by Gasteiger charge is 2.60. The van der Waals surface area contributed by atoms with Gasteiger partial charge in [-0.3, -0.25) is 5.32 Å². The van der Waals surface area contributed by atoms with E-state index in [2.05, 4.69) is 31.0 Å². The number of nitrogens with zero attached hydrogens (tertiary/aromatic N) is 4. The summed E-state index contributed by atoms with van der Waals surface area (Å²) in [6.07, 6.45) is -4.42. The van der Waals surface area contributed by atoms with E-state index in [1.165, 1.54) is 31.5 Å². The van der Waals surface area contributed by atoms with Gasteiger partial charge in [-0.1, -0.05) is 42.0 Å². The van der Waals surface area contributed by atoms with Crippen LogP contribution in [0.15, 0.2) is 97.2 Å². The van der Waals surface area contributed by atoms with Crippen LogP contribution in [0.1, 0.15) is 11.3 Å². The van der Waals surface area contributed by atoms with E-state index >= 15 is 0 Å². The topological polar surface area (TPSA) is 152 Å². The monoisotopic (exact) mass is 837 g/mol. The molecule has 316 valence electrons. The number of urea groups is 1. The van der Waals surface area contributed by atoms with Crippen LogP contribution in [0.3, 0.4) is 0 Å². The molecule has 19 heteroatoms. The number of fused-ring (bicyclic) bond motifs is 1. The summed E-state index contributed by atoms with van der Waals surface area (Å²) in [7, 11) is 3.13. The average Bonchev–Trinajstić information content (AvgIpc) is 3.65. The van der Waals surface area contributed by atoms with E-state index in [4.69, 9.17) is 28.4 Å². The minimum atomic E-state index is -5.92. The molecule has 0 aliphatic carbocycles. The normalized spacial score (nSPS) is 11.7. The summed E-state index contributed by atoms with van der Waals surface area (Å²) in [6, 6.07) is 22.5. The van der Waals surface area contributed by atoms with E-state index in [1.807, 2.05) is 0 Å². The molecule has 2 amide bonds. The largest absolute Gasteiger partial charge is 0.497 e. The van der Waals surface area contributed by atoms with E-state index in [9.17, 15) is 26.7 Å². The van der Waals surface area contributed by atoms with Gasteiger partial charge in [-0.15, -0.1) is 0 Å². The van der Waals surface area contributed by atoms with E-state index in [0.717, 1.165) is 10.2 Å². The van der Waals surface area contributed by atoms with Gasteiger partial charge >= 0.3 is 18.1 Å². The van der Waals surface area contributed by atoms with Crippen molar-refractivity contribution in [1.82, 2.24) is 19.7 Å². The molecule has 60 heavy (non-hydrogen) atoms. The van der Waals surface area contributed by atoms with Gasteiger partial charge in [0, 0.05) is 60.1 Å². The van der Waals surface area contributed by atoms with Crippen molar-refractivity contribution in [2.24, 2.45) is 0 Å². The number of aromatic nitrogens is 4. The Balaban J connectivity index is 1.14. The summed E-state index contributed by atoms with van der Waals surface area (Å²) in [4.78, 5) is 22.1. The quantitative estimate of drug-likeness (QED) is 0.0530. The summed E-state index contributed by atoms with van der Waals surface area (Å²) in [6.45, 7) is 4.26. The number of halogens is 5. The van der Waals surface area contributed by atoms with Crippen LogP contribution >= 0.6 is 0 Å². The first-order chi connectivity index (χ1) is 28.8. The number of hydrogen-bond acceptors (Lipinski definition) is 11. The number of anilines is 4. The minimum Gasteiger partial charge on any atom is -0.497 e. The highest BCUT2D eigenvalue weighted by molar-refractivity contribution is 6.07. The van der Waals surface area contributed by atoms with E-state index in [1.54, 1.807) is 80.8 Å². The number of aryl methyl sites for hydroxylation is 1. The fourth-order valence-corrected chi connectivity index (χ4v) is 5.62. The molecule has 6 rings (SSSR count). The SMILES string of the molecule is COCCOCCOCCOc1cc(Nc2nccc(Oc3ccc(NC(=O)Nc4cc(C(F)(F)C(F)(F)F)nn4-c4ccc(C)cc4)c4ccccc34)n2)cc(OC)c1. The van der Waals surface area contributed by atoms with Crippen LogP contribution in [-0.4, -0.2) is 85.8 Å². The summed E-state index contributed by atoms with van der Waals surface area (Å²) in [5.74, 6) is -3.94. The number of carbonyl (C=O) groups is 1. The molecular weight excluding hydrogens is 797 g/mol. The van der Waals surface area contributed by atoms with Crippen LogP contribution in [0.2, 0.25) is 0 Å². The molecule has 0 unspecified atom stereocenters. The van der Waals surface area contributed by atoms with E-state index in [0.29, 0.717) is 72.8 Å². The maximum atomic E-state index is 14.4. The molecule has 2 aromatic heterocycles. The van der Waals surface area contributed by atoms with Gasteiger partial charge in [-0.2, -0.15) is 32.0 Å². The molecule has 0 atom stereocenters. The fourth-order valence-electron chi connectivity index (χ4n) is 5.62. The average molecular weight is 838 g/mol. The van der Waals surface area contributed by atoms with Gasteiger partial charge in [0.1, 0.15) is 35.4 Å². The Morgan fingerprint density at radius 1 is 0.767 bits per heavy atom. The third kappa shape index (κ3) is 10.9.